The third-order valence-corrected chi connectivity index (χ3v) is 6.23. The SMILES string of the molecule is O[C@@H]1C[C@H]2CNC[C@H]2C[C@H]1Oc1ccc(C2CCCCC2)cc1. The molecule has 0 unspecified atom stereocenters. The molecule has 3 heteroatoms. The molecule has 0 amide bonds. The minimum Gasteiger partial charge on any atom is -0.488 e. The lowest BCUT2D eigenvalue weighted by molar-refractivity contribution is -0.0231. The van der Waals surface area contributed by atoms with Crippen LogP contribution in [0.2, 0.25) is 0 Å². The second-order valence-corrected chi connectivity index (χ2v) is 7.78. The summed E-state index contributed by atoms with van der Waals surface area (Å²) in [6.45, 7) is 2.14. The first-order chi connectivity index (χ1) is 11.3. The molecule has 2 aliphatic carbocycles. The summed E-state index contributed by atoms with van der Waals surface area (Å²) in [4.78, 5) is 0. The van der Waals surface area contributed by atoms with Crippen molar-refractivity contribution >= 4 is 0 Å². The van der Waals surface area contributed by atoms with Crippen molar-refractivity contribution < 1.29 is 9.84 Å². The van der Waals surface area contributed by atoms with Gasteiger partial charge in [0.2, 0.25) is 0 Å². The predicted octanol–water partition coefficient (Wildman–Crippen LogP) is 3.47. The van der Waals surface area contributed by atoms with Gasteiger partial charge in [-0.3, -0.25) is 0 Å². The number of aliphatic hydroxyl groups excluding tert-OH is 1. The van der Waals surface area contributed by atoms with E-state index in [4.69, 9.17) is 4.74 Å². The Kier molecular flexibility index (Phi) is 4.59. The minimum absolute atomic E-state index is 0.0447. The molecule has 1 aromatic rings. The molecule has 2 N–H and O–H groups in total. The van der Waals surface area contributed by atoms with Crippen LogP contribution in [-0.2, 0) is 0 Å². The number of hydrogen-bond acceptors (Lipinski definition) is 3. The van der Waals surface area contributed by atoms with Crippen LogP contribution in [0, 0.1) is 11.8 Å². The quantitative estimate of drug-likeness (QED) is 0.897. The fourth-order valence-electron chi connectivity index (χ4n) is 4.81. The highest BCUT2D eigenvalue weighted by molar-refractivity contribution is 5.30. The molecule has 4 rings (SSSR count). The van der Waals surface area contributed by atoms with Gasteiger partial charge in [-0.25, -0.2) is 0 Å². The van der Waals surface area contributed by atoms with Crippen LogP contribution in [0.15, 0.2) is 24.3 Å². The fraction of sp³-hybridized carbons (Fsp3) is 0.700. The first-order valence-electron chi connectivity index (χ1n) is 9.45. The Morgan fingerprint density at radius 2 is 1.61 bits per heavy atom. The van der Waals surface area contributed by atoms with Crippen molar-refractivity contribution in [3.8, 4) is 5.75 Å². The molecule has 2 saturated carbocycles. The van der Waals surface area contributed by atoms with Crippen LogP contribution in [0.25, 0.3) is 0 Å². The summed E-state index contributed by atoms with van der Waals surface area (Å²) in [5.74, 6) is 2.96. The molecule has 3 aliphatic rings. The second-order valence-electron chi connectivity index (χ2n) is 7.78. The topological polar surface area (TPSA) is 41.5 Å². The minimum atomic E-state index is -0.325. The number of hydrogen-bond donors (Lipinski definition) is 2. The van der Waals surface area contributed by atoms with Crippen molar-refractivity contribution in [3.05, 3.63) is 29.8 Å². The standard InChI is InChI=1S/C20H29NO2/c22-19-10-16-12-21-13-17(16)11-20(19)23-18-8-6-15(7-9-18)14-4-2-1-3-5-14/h6-9,14,16-17,19-22H,1-5,10-13H2/t16-,17+,19+,20+/m0/s1. The van der Waals surface area contributed by atoms with Gasteiger partial charge < -0.3 is 15.2 Å². The molecule has 1 heterocycles. The van der Waals surface area contributed by atoms with Crippen LogP contribution in [0.4, 0.5) is 0 Å². The number of ether oxygens (including phenoxy) is 1. The van der Waals surface area contributed by atoms with E-state index in [0.717, 1.165) is 37.6 Å². The van der Waals surface area contributed by atoms with Gasteiger partial charge in [-0.05, 0) is 74.2 Å². The van der Waals surface area contributed by atoms with Gasteiger partial charge in [0.05, 0.1) is 6.10 Å². The first-order valence-corrected chi connectivity index (χ1v) is 9.45. The van der Waals surface area contributed by atoms with Gasteiger partial charge in [0, 0.05) is 0 Å². The summed E-state index contributed by atoms with van der Waals surface area (Å²) in [5.41, 5.74) is 1.46. The molecule has 23 heavy (non-hydrogen) atoms. The fourth-order valence-corrected chi connectivity index (χ4v) is 4.81. The lowest BCUT2D eigenvalue weighted by Gasteiger charge is -2.35. The van der Waals surface area contributed by atoms with E-state index in [1.165, 1.54) is 37.7 Å². The van der Waals surface area contributed by atoms with E-state index >= 15 is 0 Å². The van der Waals surface area contributed by atoms with Crippen molar-refractivity contribution in [2.75, 3.05) is 13.1 Å². The molecule has 3 nitrogen and oxygen atoms in total. The number of fused-ring (bicyclic) bond motifs is 1. The summed E-state index contributed by atoms with van der Waals surface area (Å²) >= 11 is 0. The van der Waals surface area contributed by atoms with Gasteiger partial charge in [-0.1, -0.05) is 31.4 Å². The summed E-state index contributed by atoms with van der Waals surface area (Å²) in [5, 5.41) is 13.8. The maximum absolute atomic E-state index is 10.4. The van der Waals surface area contributed by atoms with E-state index < -0.39 is 0 Å². The van der Waals surface area contributed by atoms with Crippen molar-refractivity contribution in [1.82, 2.24) is 5.32 Å². The lowest BCUT2D eigenvalue weighted by Crippen LogP contribution is -2.42. The maximum atomic E-state index is 10.4. The van der Waals surface area contributed by atoms with E-state index in [1.807, 2.05) is 0 Å². The lowest BCUT2D eigenvalue weighted by atomic mass is 9.78. The molecule has 0 aromatic heterocycles. The number of nitrogens with one attached hydrogen (secondary N) is 1. The Balaban J connectivity index is 1.38. The molecule has 0 radical (unpaired) electrons. The normalized spacial score (nSPS) is 35.0. The van der Waals surface area contributed by atoms with Crippen LogP contribution < -0.4 is 10.1 Å². The summed E-state index contributed by atoms with van der Waals surface area (Å²) < 4.78 is 6.14. The van der Waals surface area contributed by atoms with Crippen LogP contribution in [0.1, 0.15) is 56.4 Å². The third-order valence-electron chi connectivity index (χ3n) is 6.23. The van der Waals surface area contributed by atoms with E-state index in [1.54, 1.807) is 0 Å². The van der Waals surface area contributed by atoms with Gasteiger partial charge in [0.15, 0.2) is 0 Å². The zero-order valence-corrected chi connectivity index (χ0v) is 13.9. The highest BCUT2D eigenvalue weighted by atomic mass is 16.5. The van der Waals surface area contributed by atoms with Crippen molar-refractivity contribution in [2.24, 2.45) is 11.8 Å². The van der Waals surface area contributed by atoms with Gasteiger partial charge >= 0.3 is 0 Å². The monoisotopic (exact) mass is 315 g/mol. The smallest absolute Gasteiger partial charge is 0.125 e. The largest absolute Gasteiger partial charge is 0.488 e. The molecule has 1 saturated heterocycles. The average molecular weight is 315 g/mol. The van der Waals surface area contributed by atoms with Crippen LogP contribution in [0.3, 0.4) is 0 Å². The number of rotatable bonds is 3. The van der Waals surface area contributed by atoms with Crippen LogP contribution in [-0.4, -0.2) is 30.4 Å². The first kappa shape index (κ1) is 15.5. The van der Waals surface area contributed by atoms with Crippen molar-refractivity contribution in [3.63, 3.8) is 0 Å². The predicted molar refractivity (Wildman–Crippen MR) is 91.8 cm³/mol. The third kappa shape index (κ3) is 3.41. The van der Waals surface area contributed by atoms with Crippen molar-refractivity contribution in [2.45, 2.75) is 63.1 Å². The molecular formula is C20H29NO2. The number of aliphatic hydroxyl groups is 1. The molecule has 0 spiro atoms. The number of benzene rings is 1. The van der Waals surface area contributed by atoms with E-state index in [-0.39, 0.29) is 12.2 Å². The average Bonchev–Trinajstić information content (AvgIpc) is 3.04. The Bertz CT molecular complexity index is 509. The summed E-state index contributed by atoms with van der Waals surface area (Å²) in [6, 6.07) is 8.69. The molecule has 126 valence electrons. The van der Waals surface area contributed by atoms with Gasteiger partial charge in [0.1, 0.15) is 11.9 Å². The zero-order valence-electron chi connectivity index (χ0n) is 13.9. The maximum Gasteiger partial charge on any atom is 0.125 e. The summed E-state index contributed by atoms with van der Waals surface area (Å²) in [7, 11) is 0. The van der Waals surface area contributed by atoms with Gasteiger partial charge in [0.25, 0.3) is 0 Å². The van der Waals surface area contributed by atoms with Gasteiger partial charge in [-0.15, -0.1) is 0 Å². The van der Waals surface area contributed by atoms with Crippen molar-refractivity contribution in [1.29, 1.82) is 0 Å². The molecule has 3 fully saturated rings. The zero-order chi connectivity index (χ0) is 15.6. The second kappa shape index (κ2) is 6.82. The molecule has 1 aliphatic heterocycles. The molecule has 0 bridgehead atoms. The highest BCUT2D eigenvalue weighted by Gasteiger charge is 2.39. The van der Waals surface area contributed by atoms with Crippen LogP contribution in [0.5, 0.6) is 5.75 Å². The Morgan fingerprint density at radius 1 is 0.913 bits per heavy atom. The van der Waals surface area contributed by atoms with E-state index in [0.29, 0.717) is 11.8 Å². The molecule has 4 atom stereocenters. The van der Waals surface area contributed by atoms with Gasteiger partial charge in [-0.2, -0.15) is 0 Å². The van der Waals surface area contributed by atoms with E-state index in [9.17, 15) is 5.11 Å². The van der Waals surface area contributed by atoms with E-state index in [2.05, 4.69) is 29.6 Å². The molecule has 1 aromatic carbocycles. The summed E-state index contributed by atoms with van der Waals surface area (Å²) in [6.07, 6.45) is 8.28. The Labute approximate surface area is 139 Å². The Hall–Kier alpha value is -1.06. The van der Waals surface area contributed by atoms with Crippen LogP contribution >= 0.6 is 0 Å². The highest BCUT2D eigenvalue weighted by Crippen LogP contribution is 2.36. The Morgan fingerprint density at radius 3 is 2.35 bits per heavy atom. The molecular weight excluding hydrogens is 286 g/mol.